The quantitative estimate of drug-likeness (QED) is 0.769. The summed E-state index contributed by atoms with van der Waals surface area (Å²) in [4.78, 5) is 11.3. The Morgan fingerprint density at radius 3 is 2.56 bits per heavy atom. The second-order valence-electron chi connectivity index (χ2n) is 4.42. The number of carbonyl (C=O) groups is 1. The van der Waals surface area contributed by atoms with E-state index in [0.29, 0.717) is 11.5 Å². The smallest absolute Gasteiger partial charge is 0.337 e. The van der Waals surface area contributed by atoms with Gasteiger partial charge in [-0.15, -0.1) is 0 Å². The van der Waals surface area contributed by atoms with Crippen LogP contribution in [-0.2, 0) is 9.47 Å². The lowest BCUT2D eigenvalue weighted by molar-refractivity contribution is 0.0600. The third-order valence-corrected chi connectivity index (χ3v) is 3.16. The Morgan fingerprint density at radius 2 is 1.94 bits per heavy atom. The van der Waals surface area contributed by atoms with Crippen LogP contribution in [0.4, 0.5) is 0 Å². The zero-order valence-corrected chi connectivity index (χ0v) is 10.6. The van der Waals surface area contributed by atoms with Crippen LogP contribution in [-0.4, -0.2) is 26.3 Å². The predicted molar refractivity (Wildman–Crippen MR) is 70.4 cm³/mol. The van der Waals surface area contributed by atoms with E-state index in [1.807, 2.05) is 12.1 Å². The number of carbonyl (C=O) groups excluding carboxylic acids is 1. The average Bonchev–Trinajstić information content (AvgIpc) is 2.46. The molecule has 1 aromatic carbocycles. The van der Waals surface area contributed by atoms with E-state index in [-0.39, 0.29) is 5.97 Å². The van der Waals surface area contributed by atoms with E-state index in [0.717, 1.165) is 31.6 Å². The fraction of sp³-hybridized carbons (Fsp3) is 0.400. The molecule has 1 fully saturated rings. The van der Waals surface area contributed by atoms with Gasteiger partial charge >= 0.3 is 5.97 Å². The maximum atomic E-state index is 11.3. The van der Waals surface area contributed by atoms with E-state index in [1.54, 1.807) is 12.1 Å². The van der Waals surface area contributed by atoms with E-state index >= 15 is 0 Å². The van der Waals surface area contributed by atoms with E-state index in [9.17, 15) is 4.79 Å². The molecule has 0 aromatic heterocycles. The van der Waals surface area contributed by atoms with Gasteiger partial charge in [0.25, 0.3) is 0 Å². The molecule has 0 bridgehead atoms. The van der Waals surface area contributed by atoms with E-state index < -0.39 is 0 Å². The summed E-state index contributed by atoms with van der Waals surface area (Å²) in [5, 5.41) is 0. The van der Waals surface area contributed by atoms with Crippen molar-refractivity contribution in [3.63, 3.8) is 0 Å². The number of allylic oxidation sites excluding steroid dienone is 1. The summed E-state index contributed by atoms with van der Waals surface area (Å²) in [6.45, 7) is 1.71. The summed E-state index contributed by atoms with van der Waals surface area (Å²) in [5.41, 5.74) is 1.69. The van der Waals surface area contributed by atoms with Crippen LogP contribution in [0.15, 0.2) is 30.3 Å². The topological polar surface area (TPSA) is 35.5 Å². The van der Waals surface area contributed by atoms with Crippen molar-refractivity contribution in [2.75, 3.05) is 20.3 Å². The van der Waals surface area contributed by atoms with Crippen molar-refractivity contribution < 1.29 is 14.3 Å². The Kier molecular flexibility index (Phi) is 4.53. The molecule has 0 atom stereocenters. The fourth-order valence-electron chi connectivity index (χ4n) is 2.00. The highest BCUT2D eigenvalue weighted by Crippen LogP contribution is 2.17. The van der Waals surface area contributed by atoms with Gasteiger partial charge < -0.3 is 9.47 Å². The SMILES string of the molecule is COC(=O)c1ccc(C=CC2CCOCC2)cc1. The molecule has 3 nitrogen and oxygen atoms in total. The minimum atomic E-state index is -0.296. The third-order valence-electron chi connectivity index (χ3n) is 3.16. The Bertz CT molecular complexity index is 414. The first-order valence-corrected chi connectivity index (χ1v) is 6.24. The van der Waals surface area contributed by atoms with Gasteiger partial charge in [0.05, 0.1) is 12.7 Å². The molecular weight excluding hydrogens is 228 g/mol. The lowest BCUT2D eigenvalue weighted by atomic mass is 9.99. The molecule has 0 amide bonds. The highest BCUT2D eigenvalue weighted by molar-refractivity contribution is 5.89. The van der Waals surface area contributed by atoms with Gasteiger partial charge in [0.15, 0.2) is 0 Å². The Balaban J connectivity index is 1.97. The number of hydrogen-bond acceptors (Lipinski definition) is 3. The number of ether oxygens (including phenoxy) is 2. The maximum absolute atomic E-state index is 11.3. The summed E-state index contributed by atoms with van der Waals surface area (Å²) in [6.07, 6.45) is 6.53. The third kappa shape index (κ3) is 3.44. The predicted octanol–water partition coefficient (Wildman–Crippen LogP) is 2.91. The number of methoxy groups -OCH3 is 1. The molecule has 1 heterocycles. The number of esters is 1. The van der Waals surface area contributed by atoms with Gasteiger partial charge in [0.1, 0.15) is 0 Å². The van der Waals surface area contributed by atoms with Crippen LogP contribution in [0.2, 0.25) is 0 Å². The van der Waals surface area contributed by atoms with Crippen molar-refractivity contribution in [3.8, 4) is 0 Å². The maximum Gasteiger partial charge on any atom is 0.337 e. The Labute approximate surface area is 107 Å². The molecule has 2 rings (SSSR count). The first-order valence-electron chi connectivity index (χ1n) is 6.24. The van der Waals surface area contributed by atoms with Crippen molar-refractivity contribution in [1.82, 2.24) is 0 Å². The highest BCUT2D eigenvalue weighted by Gasteiger charge is 2.10. The van der Waals surface area contributed by atoms with Gasteiger partial charge in [-0.3, -0.25) is 0 Å². The molecule has 0 spiro atoms. The largest absolute Gasteiger partial charge is 0.465 e. The van der Waals surface area contributed by atoms with Crippen LogP contribution in [0.25, 0.3) is 6.08 Å². The molecule has 1 aliphatic heterocycles. The number of rotatable bonds is 3. The van der Waals surface area contributed by atoms with E-state index in [1.165, 1.54) is 7.11 Å². The number of hydrogen-bond donors (Lipinski definition) is 0. The summed E-state index contributed by atoms with van der Waals surface area (Å²) >= 11 is 0. The van der Waals surface area contributed by atoms with Crippen LogP contribution in [0.5, 0.6) is 0 Å². The van der Waals surface area contributed by atoms with Gasteiger partial charge in [-0.1, -0.05) is 24.3 Å². The van der Waals surface area contributed by atoms with Gasteiger partial charge in [0.2, 0.25) is 0 Å². The second-order valence-corrected chi connectivity index (χ2v) is 4.42. The minimum Gasteiger partial charge on any atom is -0.465 e. The highest BCUT2D eigenvalue weighted by atomic mass is 16.5. The number of benzene rings is 1. The van der Waals surface area contributed by atoms with Crippen molar-refractivity contribution in [2.24, 2.45) is 5.92 Å². The molecule has 18 heavy (non-hydrogen) atoms. The molecule has 0 N–H and O–H groups in total. The zero-order valence-electron chi connectivity index (χ0n) is 10.6. The van der Waals surface area contributed by atoms with Crippen LogP contribution < -0.4 is 0 Å². The van der Waals surface area contributed by atoms with E-state index in [2.05, 4.69) is 16.9 Å². The van der Waals surface area contributed by atoms with Crippen molar-refractivity contribution in [1.29, 1.82) is 0 Å². The summed E-state index contributed by atoms with van der Waals surface area (Å²) in [7, 11) is 1.39. The molecule has 3 heteroatoms. The van der Waals surface area contributed by atoms with Crippen LogP contribution in [0.1, 0.15) is 28.8 Å². The van der Waals surface area contributed by atoms with Gasteiger partial charge in [-0.25, -0.2) is 4.79 Å². The summed E-state index contributed by atoms with van der Waals surface area (Å²) in [6, 6.07) is 7.44. The zero-order chi connectivity index (χ0) is 12.8. The normalized spacial score (nSPS) is 16.9. The summed E-state index contributed by atoms with van der Waals surface area (Å²) < 4.78 is 9.98. The molecule has 1 saturated heterocycles. The molecular formula is C15H18O3. The first-order chi connectivity index (χ1) is 8.79. The molecule has 0 saturated carbocycles. The molecule has 1 aliphatic rings. The Hall–Kier alpha value is -1.61. The van der Waals surface area contributed by atoms with Crippen molar-refractivity contribution >= 4 is 12.0 Å². The van der Waals surface area contributed by atoms with E-state index in [4.69, 9.17) is 4.74 Å². The lowest BCUT2D eigenvalue weighted by Gasteiger charge is -2.18. The average molecular weight is 246 g/mol. The van der Waals surface area contributed by atoms with Crippen LogP contribution in [0, 0.1) is 5.92 Å². The molecule has 0 aliphatic carbocycles. The lowest BCUT2D eigenvalue weighted by Crippen LogP contribution is -2.13. The van der Waals surface area contributed by atoms with Crippen LogP contribution >= 0.6 is 0 Å². The first kappa shape index (κ1) is 12.8. The molecule has 1 aromatic rings. The monoisotopic (exact) mass is 246 g/mol. The van der Waals surface area contributed by atoms with Gasteiger partial charge in [-0.2, -0.15) is 0 Å². The van der Waals surface area contributed by atoms with Crippen molar-refractivity contribution in [2.45, 2.75) is 12.8 Å². The second kappa shape index (κ2) is 6.36. The van der Waals surface area contributed by atoms with Gasteiger partial charge in [0, 0.05) is 13.2 Å². The van der Waals surface area contributed by atoms with Crippen LogP contribution in [0.3, 0.4) is 0 Å². The van der Waals surface area contributed by atoms with Gasteiger partial charge in [-0.05, 0) is 36.5 Å². The fourth-order valence-corrected chi connectivity index (χ4v) is 2.00. The molecule has 96 valence electrons. The molecule has 0 unspecified atom stereocenters. The van der Waals surface area contributed by atoms with Crippen molar-refractivity contribution in [3.05, 3.63) is 41.5 Å². The Morgan fingerprint density at radius 1 is 1.28 bits per heavy atom. The standard InChI is InChI=1S/C15H18O3/c1-17-15(16)14-6-4-12(5-7-14)2-3-13-8-10-18-11-9-13/h2-7,13H,8-11H2,1H3. The summed E-state index contributed by atoms with van der Waals surface area (Å²) in [5.74, 6) is 0.314. The molecule has 0 radical (unpaired) electrons. The minimum absolute atomic E-state index is 0.296.